The molecule has 0 heterocycles. The molecule has 2 nitrogen and oxygen atoms in total. The molecule has 0 unspecified atom stereocenters. The fourth-order valence-electron chi connectivity index (χ4n) is 2.23. The average Bonchev–Trinajstić information content (AvgIpc) is 3.01. The van der Waals surface area contributed by atoms with Crippen molar-refractivity contribution in [2.45, 2.75) is 24.8 Å². The molecule has 2 aromatic rings. The van der Waals surface area contributed by atoms with Gasteiger partial charge in [-0.15, -0.1) is 0 Å². The summed E-state index contributed by atoms with van der Waals surface area (Å²) in [6.45, 7) is 0. The number of aromatic hydroxyl groups is 1. The van der Waals surface area contributed by atoms with Crippen LogP contribution in [0.4, 0.5) is 0 Å². The summed E-state index contributed by atoms with van der Waals surface area (Å²) in [4.78, 5) is 0. The van der Waals surface area contributed by atoms with Crippen LogP contribution in [0.2, 0.25) is 5.02 Å². The van der Waals surface area contributed by atoms with E-state index in [1.54, 1.807) is 6.07 Å². The largest absolute Gasteiger partial charge is 0.508 e. The molecule has 0 saturated heterocycles. The molecule has 17 heavy (non-hydrogen) atoms. The maximum absolute atomic E-state index is 9.98. The molecule has 0 bridgehead atoms. The highest BCUT2D eigenvalue weighted by atomic mass is 35.5. The zero-order valence-electron chi connectivity index (χ0n) is 9.41. The first-order valence-electron chi connectivity index (χ1n) is 5.76. The molecule has 3 N–H and O–H groups in total. The van der Waals surface area contributed by atoms with E-state index in [9.17, 15) is 5.11 Å². The van der Waals surface area contributed by atoms with Gasteiger partial charge in [0.05, 0.1) is 0 Å². The highest BCUT2D eigenvalue weighted by Gasteiger charge is 2.39. The number of fused-ring (bicyclic) bond motifs is 1. The van der Waals surface area contributed by atoms with Crippen LogP contribution in [0.15, 0.2) is 30.3 Å². The predicted octanol–water partition coefficient (Wildman–Crippen LogP) is 3.23. The Bertz CT molecular complexity index is 590. The lowest BCUT2D eigenvalue weighted by Gasteiger charge is -2.13. The number of hydrogen-bond acceptors (Lipinski definition) is 2. The summed E-state index contributed by atoms with van der Waals surface area (Å²) in [6.07, 6.45) is 2.81. The number of halogens is 1. The van der Waals surface area contributed by atoms with Crippen LogP contribution in [0.5, 0.6) is 5.75 Å². The third-order valence-corrected chi connectivity index (χ3v) is 3.72. The second kappa shape index (κ2) is 3.62. The third kappa shape index (κ3) is 1.99. The molecule has 0 atom stereocenters. The van der Waals surface area contributed by atoms with E-state index in [1.165, 1.54) is 0 Å². The van der Waals surface area contributed by atoms with E-state index in [2.05, 4.69) is 0 Å². The minimum absolute atomic E-state index is 0.106. The Morgan fingerprint density at radius 3 is 2.71 bits per heavy atom. The van der Waals surface area contributed by atoms with Crippen molar-refractivity contribution in [3.05, 3.63) is 40.9 Å². The lowest BCUT2D eigenvalue weighted by Crippen LogP contribution is -2.24. The van der Waals surface area contributed by atoms with Gasteiger partial charge in [0.2, 0.25) is 0 Å². The van der Waals surface area contributed by atoms with E-state index in [0.717, 1.165) is 35.6 Å². The quantitative estimate of drug-likeness (QED) is 0.856. The van der Waals surface area contributed by atoms with E-state index in [0.29, 0.717) is 10.8 Å². The van der Waals surface area contributed by atoms with Gasteiger partial charge >= 0.3 is 0 Å². The fourth-order valence-corrected chi connectivity index (χ4v) is 2.41. The minimum Gasteiger partial charge on any atom is -0.508 e. The first kappa shape index (κ1) is 10.9. The standard InChI is InChI=1S/C14H14ClNO/c15-10-2-3-11-9(7-10)1-4-13(17)12(11)8-14(16)5-6-14/h1-4,7,17H,5-6,8,16H2. The SMILES string of the molecule is NC1(Cc2c(O)ccc3cc(Cl)ccc23)CC1. The monoisotopic (exact) mass is 247 g/mol. The molecule has 0 aromatic heterocycles. The molecule has 1 fully saturated rings. The zero-order chi connectivity index (χ0) is 12.0. The van der Waals surface area contributed by atoms with Crippen LogP contribution in [0.1, 0.15) is 18.4 Å². The number of phenols is 1. The van der Waals surface area contributed by atoms with E-state index >= 15 is 0 Å². The Balaban J connectivity index is 2.17. The average molecular weight is 248 g/mol. The molecule has 0 radical (unpaired) electrons. The van der Waals surface area contributed by atoms with Crippen LogP contribution in [0.25, 0.3) is 10.8 Å². The topological polar surface area (TPSA) is 46.2 Å². The van der Waals surface area contributed by atoms with E-state index in [-0.39, 0.29) is 5.54 Å². The summed E-state index contributed by atoms with van der Waals surface area (Å²) in [7, 11) is 0. The van der Waals surface area contributed by atoms with Crippen molar-refractivity contribution < 1.29 is 5.11 Å². The first-order chi connectivity index (χ1) is 8.07. The van der Waals surface area contributed by atoms with Gasteiger partial charge in [-0.3, -0.25) is 0 Å². The van der Waals surface area contributed by atoms with Crippen LogP contribution in [-0.2, 0) is 6.42 Å². The van der Waals surface area contributed by atoms with E-state index in [4.69, 9.17) is 17.3 Å². The highest BCUT2D eigenvalue weighted by molar-refractivity contribution is 6.31. The van der Waals surface area contributed by atoms with Crippen molar-refractivity contribution in [1.82, 2.24) is 0 Å². The Morgan fingerprint density at radius 2 is 2.00 bits per heavy atom. The van der Waals surface area contributed by atoms with Gasteiger partial charge in [0.15, 0.2) is 0 Å². The molecule has 2 aromatic carbocycles. The summed E-state index contributed by atoms with van der Waals surface area (Å²) in [5.41, 5.74) is 6.97. The lowest BCUT2D eigenvalue weighted by atomic mass is 9.97. The van der Waals surface area contributed by atoms with Gasteiger partial charge in [-0.25, -0.2) is 0 Å². The number of rotatable bonds is 2. The predicted molar refractivity (Wildman–Crippen MR) is 70.5 cm³/mol. The summed E-state index contributed by atoms with van der Waals surface area (Å²) >= 11 is 5.97. The molecule has 0 spiro atoms. The van der Waals surface area contributed by atoms with Crippen LogP contribution < -0.4 is 5.73 Å². The molecule has 1 aliphatic carbocycles. The van der Waals surface area contributed by atoms with Gasteiger partial charge < -0.3 is 10.8 Å². The maximum Gasteiger partial charge on any atom is 0.119 e. The first-order valence-corrected chi connectivity index (χ1v) is 6.14. The Hall–Kier alpha value is -1.25. The minimum atomic E-state index is -0.106. The Labute approximate surface area is 105 Å². The summed E-state index contributed by atoms with van der Waals surface area (Å²) in [5.74, 6) is 0.330. The van der Waals surface area contributed by atoms with Crippen LogP contribution >= 0.6 is 11.6 Å². The van der Waals surface area contributed by atoms with E-state index < -0.39 is 0 Å². The van der Waals surface area contributed by atoms with Crippen molar-refractivity contribution in [2.24, 2.45) is 5.73 Å². The second-order valence-electron chi connectivity index (χ2n) is 4.97. The third-order valence-electron chi connectivity index (χ3n) is 3.49. The second-order valence-corrected chi connectivity index (χ2v) is 5.40. The number of benzene rings is 2. The van der Waals surface area contributed by atoms with Crippen LogP contribution in [0.3, 0.4) is 0 Å². The van der Waals surface area contributed by atoms with Gasteiger partial charge in [-0.1, -0.05) is 23.7 Å². The highest BCUT2D eigenvalue weighted by Crippen LogP contribution is 2.40. The van der Waals surface area contributed by atoms with Crippen molar-refractivity contribution in [1.29, 1.82) is 0 Å². The van der Waals surface area contributed by atoms with Gasteiger partial charge in [-0.2, -0.15) is 0 Å². The maximum atomic E-state index is 9.98. The molecule has 0 aliphatic heterocycles. The Kier molecular flexibility index (Phi) is 2.32. The molecule has 1 saturated carbocycles. The van der Waals surface area contributed by atoms with E-state index in [1.807, 2.05) is 24.3 Å². The normalized spacial score (nSPS) is 17.3. The van der Waals surface area contributed by atoms with Crippen LogP contribution in [0, 0.1) is 0 Å². The van der Waals surface area contributed by atoms with Gasteiger partial charge in [0.25, 0.3) is 0 Å². The molecule has 0 amide bonds. The van der Waals surface area contributed by atoms with Gasteiger partial charge in [0.1, 0.15) is 5.75 Å². The summed E-state index contributed by atoms with van der Waals surface area (Å²) in [6, 6.07) is 9.33. The van der Waals surface area contributed by atoms with Crippen molar-refractivity contribution in [3.63, 3.8) is 0 Å². The molecule has 1 aliphatic rings. The number of phenolic OH excluding ortho intramolecular Hbond substituents is 1. The van der Waals surface area contributed by atoms with Crippen molar-refractivity contribution in [2.75, 3.05) is 0 Å². The molecular formula is C14H14ClNO. The number of nitrogens with two attached hydrogens (primary N) is 1. The lowest BCUT2D eigenvalue weighted by molar-refractivity contribution is 0.465. The van der Waals surface area contributed by atoms with Crippen LogP contribution in [-0.4, -0.2) is 10.6 Å². The van der Waals surface area contributed by atoms with Crippen molar-refractivity contribution >= 4 is 22.4 Å². The summed E-state index contributed by atoms with van der Waals surface area (Å²) < 4.78 is 0. The molecular weight excluding hydrogens is 234 g/mol. The fraction of sp³-hybridized carbons (Fsp3) is 0.286. The molecule has 88 valence electrons. The van der Waals surface area contributed by atoms with Gasteiger partial charge in [0, 0.05) is 16.1 Å². The smallest absolute Gasteiger partial charge is 0.119 e. The number of hydrogen-bond donors (Lipinski definition) is 2. The molecule has 3 heteroatoms. The zero-order valence-corrected chi connectivity index (χ0v) is 10.2. The van der Waals surface area contributed by atoms with Gasteiger partial charge in [-0.05, 0) is 48.2 Å². The Morgan fingerprint density at radius 1 is 1.24 bits per heavy atom. The summed E-state index contributed by atoms with van der Waals surface area (Å²) in [5, 5.41) is 12.8. The molecule has 3 rings (SSSR count). The van der Waals surface area contributed by atoms with Crippen molar-refractivity contribution in [3.8, 4) is 5.75 Å².